The lowest BCUT2D eigenvalue weighted by atomic mass is 10.2. The minimum absolute atomic E-state index is 0.0540. The summed E-state index contributed by atoms with van der Waals surface area (Å²) in [7, 11) is 1.31. The number of aryl methyl sites for hydroxylation is 1. The van der Waals surface area contributed by atoms with Gasteiger partial charge in [-0.05, 0) is 25.1 Å². The highest BCUT2D eigenvalue weighted by atomic mass is 32.1. The summed E-state index contributed by atoms with van der Waals surface area (Å²) in [4.78, 5) is 17.0. The van der Waals surface area contributed by atoms with Gasteiger partial charge >= 0.3 is 6.61 Å². The van der Waals surface area contributed by atoms with Gasteiger partial charge in [-0.3, -0.25) is 10.1 Å². The minimum Gasteiger partial charge on any atom is -0.493 e. The number of nitrogens with zero attached hydrogens (tertiary/aromatic N) is 1. The molecule has 0 saturated heterocycles. The van der Waals surface area contributed by atoms with Gasteiger partial charge in [-0.15, -0.1) is 11.3 Å². The number of ether oxygens (including phenoxy) is 2. The highest BCUT2D eigenvalue weighted by molar-refractivity contribution is 7.15. The molecule has 21 heavy (non-hydrogen) atoms. The molecule has 5 nitrogen and oxygen atoms in total. The van der Waals surface area contributed by atoms with Crippen LogP contribution in [0, 0.1) is 6.92 Å². The van der Waals surface area contributed by atoms with Crippen LogP contribution in [0.2, 0.25) is 0 Å². The fraction of sp³-hybridized carbons (Fsp3) is 0.231. The molecule has 0 aliphatic carbocycles. The second-order valence-electron chi connectivity index (χ2n) is 3.97. The summed E-state index contributed by atoms with van der Waals surface area (Å²) in [6, 6.07) is 3.95. The van der Waals surface area contributed by atoms with Crippen molar-refractivity contribution in [2.45, 2.75) is 13.5 Å². The summed E-state index contributed by atoms with van der Waals surface area (Å²) in [5.41, 5.74) is 0.251. The summed E-state index contributed by atoms with van der Waals surface area (Å²) >= 11 is 1.33. The predicted molar refractivity (Wildman–Crippen MR) is 74.4 cm³/mol. The third kappa shape index (κ3) is 3.88. The molecule has 0 radical (unpaired) electrons. The van der Waals surface area contributed by atoms with E-state index in [1.807, 2.05) is 6.92 Å². The number of rotatable bonds is 5. The summed E-state index contributed by atoms with van der Waals surface area (Å²) < 4.78 is 33.7. The number of hydrogen-bond donors (Lipinski definition) is 1. The maximum absolute atomic E-state index is 12.2. The summed E-state index contributed by atoms with van der Waals surface area (Å²) in [5.74, 6) is -0.487. The number of anilines is 1. The second-order valence-corrected chi connectivity index (χ2v) is 5.21. The molecule has 2 rings (SSSR count). The standard InChI is InChI=1S/C13H12F2N2O3S/c1-7-6-16-13(21-7)17-11(18)8-3-4-9(20-12(14)15)10(5-8)19-2/h3-6,12H,1-2H3,(H,16,17,18). The Kier molecular flexibility index (Phi) is 4.69. The zero-order valence-corrected chi connectivity index (χ0v) is 12.0. The largest absolute Gasteiger partial charge is 0.493 e. The highest BCUT2D eigenvalue weighted by Gasteiger charge is 2.15. The fourth-order valence-electron chi connectivity index (χ4n) is 1.58. The van der Waals surface area contributed by atoms with Crippen LogP contribution in [0.3, 0.4) is 0 Å². The lowest BCUT2D eigenvalue weighted by Crippen LogP contribution is -2.12. The van der Waals surface area contributed by atoms with E-state index in [0.29, 0.717) is 5.13 Å². The van der Waals surface area contributed by atoms with Crippen LogP contribution < -0.4 is 14.8 Å². The van der Waals surface area contributed by atoms with Crippen LogP contribution in [-0.4, -0.2) is 24.6 Å². The first-order chi connectivity index (χ1) is 9.99. The Labute approximate surface area is 123 Å². The second kappa shape index (κ2) is 6.49. The molecule has 8 heteroatoms. The van der Waals surface area contributed by atoms with E-state index in [-0.39, 0.29) is 17.1 Å². The van der Waals surface area contributed by atoms with E-state index < -0.39 is 12.5 Å². The van der Waals surface area contributed by atoms with Crippen LogP contribution >= 0.6 is 11.3 Å². The van der Waals surface area contributed by atoms with Gasteiger partial charge in [0.1, 0.15) is 0 Å². The molecule has 2 aromatic rings. The van der Waals surface area contributed by atoms with Gasteiger partial charge in [-0.25, -0.2) is 4.98 Å². The number of hydrogen-bond acceptors (Lipinski definition) is 5. The number of halogens is 2. The van der Waals surface area contributed by atoms with E-state index in [1.54, 1.807) is 6.20 Å². The van der Waals surface area contributed by atoms with E-state index >= 15 is 0 Å². The third-order valence-electron chi connectivity index (χ3n) is 2.48. The van der Waals surface area contributed by atoms with Crippen LogP contribution in [-0.2, 0) is 0 Å². The SMILES string of the molecule is COc1cc(C(=O)Nc2ncc(C)s2)ccc1OC(F)F. The number of carbonyl (C=O) groups excluding carboxylic acids is 1. The Morgan fingerprint density at radius 3 is 2.71 bits per heavy atom. The molecule has 0 saturated carbocycles. The Hall–Kier alpha value is -2.22. The Balaban J connectivity index is 2.17. The average molecular weight is 314 g/mol. The fourth-order valence-corrected chi connectivity index (χ4v) is 2.24. The van der Waals surface area contributed by atoms with Gasteiger partial charge < -0.3 is 9.47 Å². The zero-order valence-electron chi connectivity index (χ0n) is 11.2. The van der Waals surface area contributed by atoms with E-state index in [0.717, 1.165) is 4.88 Å². The Morgan fingerprint density at radius 1 is 1.38 bits per heavy atom. The molecule has 0 atom stereocenters. The van der Waals surface area contributed by atoms with Crippen molar-refractivity contribution in [1.29, 1.82) is 0 Å². The van der Waals surface area contributed by atoms with Gasteiger partial charge in [0.15, 0.2) is 16.6 Å². The van der Waals surface area contributed by atoms with Gasteiger partial charge in [0.25, 0.3) is 5.91 Å². The quantitative estimate of drug-likeness (QED) is 0.920. The molecule has 0 unspecified atom stereocenters. The number of alkyl halides is 2. The Morgan fingerprint density at radius 2 is 2.14 bits per heavy atom. The number of aromatic nitrogens is 1. The van der Waals surface area contributed by atoms with Gasteiger partial charge in [-0.2, -0.15) is 8.78 Å². The van der Waals surface area contributed by atoms with E-state index in [1.165, 1.54) is 36.6 Å². The molecule has 0 fully saturated rings. The van der Waals surface area contributed by atoms with Crippen molar-refractivity contribution in [2.75, 3.05) is 12.4 Å². The maximum atomic E-state index is 12.2. The number of nitrogens with one attached hydrogen (secondary N) is 1. The van der Waals surface area contributed by atoms with E-state index in [4.69, 9.17) is 4.74 Å². The zero-order chi connectivity index (χ0) is 15.4. The molecule has 1 N–H and O–H groups in total. The van der Waals surface area contributed by atoms with Crippen molar-refractivity contribution < 1.29 is 23.0 Å². The molecule has 0 aliphatic rings. The summed E-state index contributed by atoms with van der Waals surface area (Å²) in [6.07, 6.45) is 1.64. The maximum Gasteiger partial charge on any atom is 0.387 e. The molecule has 1 amide bonds. The molecule has 1 heterocycles. The van der Waals surface area contributed by atoms with Crippen LogP contribution in [0.1, 0.15) is 15.2 Å². The third-order valence-corrected chi connectivity index (χ3v) is 3.31. The van der Waals surface area contributed by atoms with Crippen LogP contribution in [0.15, 0.2) is 24.4 Å². The number of amides is 1. The van der Waals surface area contributed by atoms with Gasteiger partial charge in [0.05, 0.1) is 7.11 Å². The first kappa shape index (κ1) is 15.2. The topological polar surface area (TPSA) is 60.5 Å². The molecule has 1 aromatic heterocycles. The molecule has 112 valence electrons. The monoisotopic (exact) mass is 314 g/mol. The average Bonchev–Trinajstić information content (AvgIpc) is 2.83. The van der Waals surface area contributed by atoms with Gasteiger partial charge in [0, 0.05) is 16.6 Å². The minimum atomic E-state index is -2.96. The van der Waals surface area contributed by atoms with Gasteiger partial charge in [-0.1, -0.05) is 0 Å². The lowest BCUT2D eigenvalue weighted by Gasteiger charge is -2.11. The first-order valence-corrected chi connectivity index (χ1v) is 6.68. The van der Waals surface area contributed by atoms with Crippen molar-refractivity contribution in [2.24, 2.45) is 0 Å². The van der Waals surface area contributed by atoms with Crippen molar-refractivity contribution in [3.63, 3.8) is 0 Å². The number of carbonyl (C=O) groups is 1. The van der Waals surface area contributed by atoms with Crippen molar-refractivity contribution in [1.82, 2.24) is 4.98 Å². The van der Waals surface area contributed by atoms with Crippen molar-refractivity contribution >= 4 is 22.4 Å². The number of thiazole rings is 1. The number of benzene rings is 1. The summed E-state index contributed by atoms with van der Waals surface area (Å²) in [5, 5.41) is 3.08. The normalized spacial score (nSPS) is 10.5. The Bertz CT molecular complexity index is 646. The smallest absolute Gasteiger partial charge is 0.387 e. The molecule has 0 bridgehead atoms. The number of methoxy groups -OCH3 is 1. The van der Waals surface area contributed by atoms with Crippen LogP contribution in [0.5, 0.6) is 11.5 Å². The molecule has 1 aromatic carbocycles. The molecule has 0 spiro atoms. The van der Waals surface area contributed by atoms with Crippen molar-refractivity contribution in [3.05, 3.63) is 34.8 Å². The van der Waals surface area contributed by atoms with E-state index in [9.17, 15) is 13.6 Å². The van der Waals surface area contributed by atoms with E-state index in [2.05, 4.69) is 15.0 Å². The highest BCUT2D eigenvalue weighted by Crippen LogP contribution is 2.29. The first-order valence-electron chi connectivity index (χ1n) is 5.86. The summed E-state index contributed by atoms with van der Waals surface area (Å²) in [6.45, 7) is -1.09. The molecular formula is C13H12F2N2O3S. The predicted octanol–water partition coefficient (Wildman–Crippen LogP) is 3.31. The van der Waals surface area contributed by atoms with Crippen LogP contribution in [0.4, 0.5) is 13.9 Å². The van der Waals surface area contributed by atoms with Gasteiger partial charge in [0.2, 0.25) is 0 Å². The lowest BCUT2D eigenvalue weighted by molar-refractivity contribution is -0.0512. The molecule has 0 aliphatic heterocycles. The van der Waals surface area contributed by atoms with Crippen molar-refractivity contribution in [3.8, 4) is 11.5 Å². The molecular weight excluding hydrogens is 302 g/mol. The van der Waals surface area contributed by atoms with Crippen LogP contribution in [0.25, 0.3) is 0 Å².